The first-order valence-corrected chi connectivity index (χ1v) is 9.47. The number of anilines is 1. The number of pyridine rings is 1. The SMILES string of the molecule is CC(C)n1ncc2cc(C(=O)NCc3ccc4c(c3)CCCN4C)cnc21. The molecule has 0 fully saturated rings. The molecule has 6 nitrogen and oxygen atoms in total. The molecule has 2 aromatic heterocycles. The Bertz CT molecular complexity index is 991. The van der Waals surface area contributed by atoms with Crippen molar-refractivity contribution in [3.05, 3.63) is 53.3 Å². The normalized spacial score (nSPS) is 13.9. The molecule has 140 valence electrons. The molecule has 0 saturated carbocycles. The number of nitrogens with one attached hydrogen (secondary N) is 1. The first-order valence-electron chi connectivity index (χ1n) is 9.47. The minimum atomic E-state index is -0.114. The van der Waals surface area contributed by atoms with Gasteiger partial charge in [-0.1, -0.05) is 12.1 Å². The summed E-state index contributed by atoms with van der Waals surface area (Å²) < 4.78 is 1.86. The molecule has 1 aliphatic rings. The van der Waals surface area contributed by atoms with Crippen LogP contribution in [0.1, 0.15) is 47.8 Å². The van der Waals surface area contributed by atoms with Gasteiger partial charge in [-0.05, 0) is 49.9 Å². The van der Waals surface area contributed by atoms with E-state index in [-0.39, 0.29) is 11.9 Å². The van der Waals surface area contributed by atoms with E-state index in [0.717, 1.165) is 29.6 Å². The highest BCUT2D eigenvalue weighted by Gasteiger charge is 2.15. The largest absolute Gasteiger partial charge is 0.374 e. The number of hydrogen-bond acceptors (Lipinski definition) is 4. The number of rotatable bonds is 4. The van der Waals surface area contributed by atoms with Crippen molar-refractivity contribution in [2.24, 2.45) is 0 Å². The van der Waals surface area contributed by atoms with Gasteiger partial charge in [-0.25, -0.2) is 9.67 Å². The second kappa shape index (κ2) is 7.02. The quantitative estimate of drug-likeness (QED) is 0.772. The number of aryl methyl sites for hydroxylation is 1. The van der Waals surface area contributed by atoms with E-state index in [2.05, 4.69) is 59.4 Å². The van der Waals surface area contributed by atoms with E-state index in [1.54, 1.807) is 12.4 Å². The zero-order valence-corrected chi connectivity index (χ0v) is 16.1. The molecule has 1 amide bonds. The third kappa shape index (κ3) is 3.39. The van der Waals surface area contributed by atoms with E-state index in [9.17, 15) is 4.79 Å². The lowest BCUT2D eigenvalue weighted by molar-refractivity contribution is 0.0950. The van der Waals surface area contributed by atoms with Crippen LogP contribution >= 0.6 is 0 Å². The van der Waals surface area contributed by atoms with Crippen LogP contribution in [-0.4, -0.2) is 34.3 Å². The third-order valence-electron chi connectivity index (χ3n) is 5.13. The predicted molar refractivity (Wildman–Crippen MR) is 107 cm³/mol. The Labute approximate surface area is 159 Å². The van der Waals surface area contributed by atoms with Crippen LogP contribution in [0.25, 0.3) is 11.0 Å². The molecule has 1 aromatic carbocycles. The first kappa shape index (κ1) is 17.5. The van der Waals surface area contributed by atoms with E-state index in [1.807, 2.05) is 10.7 Å². The molecule has 1 N–H and O–H groups in total. The van der Waals surface area contributed by atoms with Crippen LogP contribution in [0.3, 0.4) is 0 Å². The zero-order valence-electron chi connectivity index (χ0n) is 16.1. The Balaban J connectivity index is 1.47. The molecule has 0 radical (unpaired) electrons. The molecule has 1 aliphatic heterocycles. The van der Waals surface area contributed by atoms with Gasteiger partial charge in [0.2, 0.25) is 0 Å². The van der Waals surface area contributed by atoms with Crippen molar-refractivity contribution in [2.45, 2.75) is 39.3 Å². The summed E-state index contributed by atoms with van der Waals surface area (Å²) in [7, 11) is 2.13. The van der Waals surface area contributed by atoms with Gasteiger partial charge in [0.15, 0.2) is 5.65 Å². The van der Waals surface area contributed by atoms with Gasteiger partial charge in [0.05, 0.1) is 11.8 Å². The predicted octanol–water partition coefficient (Wildman–Crippen LogP) is 3.32. The van der Waals surface area contributed by atoms with Crippen LogP contribution in [-0.2, 0) is 13.0 Å². The van der Waals surface area contributed by atoms with Crippen LogP contribution in [0.5, 0.6) is 0 Å². The summed E-state index contributed by atoms with van der Waals surface area (Å²) in [6.07, 6.45) is 5.66. The number of amides is 1. The summed E-state index contributed by atoms with van der Waals surface area (Å²) in [5, 5.41) is 8.24. The molecule has 0 unspecified atom stereocenters. The summed E-state index contributed by atoms with van der Waals surface area (Å²) in [6.45, 7) is 5.74. The van der Waals surface area contributed by atoms with Crippen LogP contribution in [0.15, 0.2) is 36.7 Å². The Morgan fingerprint density at radius 3 is 2.93 bits per heavy atom. The number of carbonyl (C=O) groups excluding carboxylic acids is 1. The van der Waals surface area contributed by atoms with Crippen molar-refractivity contribution >= 4 is 22.6 Å². The van der Waals surface area contributed by atoms with Crippen molar-refractivity contribution in [2.75, 3.05) is 18.5 Å². The number of aromatic nitrogens is 3. The van der Waals surface area contributed by atoms with Gasteiger partial charge in [0.25, 0.3) is 5.91 Å². The van der Waals surface area contributed by atoms with Gasteiger partial charge in [-0.2, -0.15) is 5.10 Å². The summed E-state index contributed by atoms with van der Waals surface area (Å²) in [5.74, 6) is -0.114. The molecule has 3 heterocycles. The monoisotopic (exact) mass is 363 g/mol. The smallest absolute Gasteiger partial charge is 0.253 e. The molecule has 0 bridgehead atoms. The highest BCUT2D eigenvalue weighted by atomic mass is 16.1. The van der Waals surface area contributed by atoms with Crippen molar-refractivity contribution in [3.8, 4) is 0 Å². The van der Waals surface area contributed by atoms with Crippen LogP contribution in [0.4, 0.5) is 5.69 Å². The average Bonchev–Trinajstić information content (AvgIpc) is 3.09. The number of carbonyl (C=O) groups is 1. The molecule has 0 saturated heterocycles. The average molecular weight is 363 g/mol. The first-order chi connectivity index (χ1) is 13.0. The second-order valence-corrected chi connectivity index (χ2v) is 7.49. The summed E-state index contributed by atoms with van der Waals surface area (Å²) in [4.78, 5) is 19.3. The topological polar surface area (TPSA) is 63.1 Å². The second-order valence-electron chi connectivity index (χ2n) is 7.49. The van der Waals surface area contributed by atoms with Gasteiger partial charge in [0, 0.05) is 43.4 Å². The highest BCUT2D eigenvalue weighted by Crippen LogP contribution is 2.26. The Morgan fingerprint density at radius 2 is 2.11 bits per heavy atom. The Hall–Kier alpha value is -2.89. The Kier molecular flexibility index (Phi) is 4.56. The van der Waals surface area contributed by atoms with Crippen molar-refractivity contribution in [1.29, 1.82) is 0 Å². The maximum Gasteiger partial charge on any atom is 0.253 e. The maximum absolute atomic E-state index is 12.6. The fourth-order valence-corrected chi connectivity index (χ4v) is 3.68. The van der Waals surface area contributed by atoms with E-state index in [4.69, 9.17) is 0 Å². The van der Waals surface area contributed by atoms with Gasteiger partial charge in [0.1, 0.15) is 0 Å². The highest BCUT2D eigenvalue weighted by molar-refractivity contribution is 5.96. The van der Waals surface area contributed by atoms with Crippen molar-refractivity contribution in [1.82, 2.24) is 20.1 Å². The molecule has 6 heteroatoms. The minimum absolute atomic E-state index is 0.114. The lowest BCUT2D eigenvalue weighted by Crippen LogP contribution is -2.26. The van der Waals surface area contributed by atoms with Gasteiger partial charge < -0.3 is 10.2 Å². The molecular weight excluding hydrogens is 338 g/mol. The van der Waals surface area contributed by atoms with Gasteiger partial charge >= 0.3 is 0 Å². The van der Waals surface area contributed by atoms with Crippen LogP contribution in [0.2, 0.25) is 0 Å². The van der Waals surface area contributed by atoms with Gasteiger partial charge in [-0.15, -0.1) is 0 Å². The number of benzene rings is 1. The lowest BCUT2D eigenvalue weighted by atomic mass is 9.99. The summed E-state index contributed by atoms with van der Waals surface area (Å²) >= 11 is 0. The van der Waals surface area contributed by atoms with Crippen molar-refractivity contribution in [3.63, 3.8) is 0 Å². The molecule has 3 aromatic rings. The fraction of sp³-hybridized carbons (Fsp3) is 0.381. The molecule has 0 aliphatic carbocycles. The zero-order chi connectivity index (χ0) is 19.0. The van der Waals surface area contributed by atoms with Crippen molar-refractivity contribution < 1.29 is 4.79 Å². The van der Waals surface area contributed by atoms with E-state index >= 15 is 0 Å². The third-order valence-corrected chi connectivity index (χ3v) is 5.13. The molecule has 27 heavy (non-hydrogen) atoms. The van der Waals surface area contributed by atoms with E-state index < -0.39 is 0 Å². The lowest BCUT2D eigenvalue weighted by Gasteiger charge is -2.27. The number of hydrogen-bond donors (Lipinski definition) is 1. The number of fused-ring (bicyclic) bond motifs is 2. The molecular formula is C21H25N5O. The summed E-state index contributed by atoms with van der Waals surface area (Å²) in [5.41, 5.74) is 5.15. The van der Waals surface area contributed by atoms with Crippen LogP contribution in [0, 0.1) is 0 Å². The van der Waals surface area contributed by atoms with E-state index in [0.29, 0.717) is 12.1 Å². The standard InChI is InChI=1S/C21H25N5O/c1-14(2)26-20-17(13-24-26)10-18(12-22-20)21(27)23-11-15-6-7-19-16(9-15)5-4-8-25(19)3/h6-7,9-10,12-14H,4-5,8,11H2,1-3H3,(H,23,27). The van der Waals surface area contributed by atoms with Crippen LogP contribution < -0.4 is 10.2 Å². The Morgan fingerprint density at radius 1 is 1.26 bits per heavy atom. The summed E-state index contributed by atoms with van der Waals surface area (Å²) in [6, 6.07) is 8.54. The van der Waals surface area contributed by atoms with Gasteiger partial charge in [-0.3, -0.25) is 4.79 Å². The molecule has 4 rings (SSSR count). The maximum atomic E-state index is 12.6. The number of nitrogens with zero attached hydrogens (tertiary/aromatic N) is 4. The fourth-order valence-electron chi connectivity index (χ4n) is 3.68. The molecule has 0 atom stereocenters. The van der Waals surface area contributed by atoms with E-state index in [1.165, 1.54) is 17.7 Å². The molecule has 0 spiro atoms. The minimum Gasteiger partial charge on any atom is -0.374 e.